The number of rotatable bonds is 18. The summed E-state index contributed by atoms with van der Waals surface area (Å²) in [6.45, 7) is 2.58. The molecule has 0 aliphatic rings. The summed E-state index contributed by atoms with van der Waals surface area (Å²) in [4.78, 5) is 0. The molecule has 0 bridgehead atoms. The van der Waals surface area contributed by atoms with Crippen molar-refractivity contribution in [3.05, 3.63) is 24.3 Å². The summed E-state index contributed by atoms with van der Waals surface area (Å²) in [6.07, 6.45) is 27.3. The normalized spacial score (nSPS) is 12.6. The summed E-state index contributed by atoms with van der Waals surface area (Å²) in [5.74, 6) is 0. The highest BCUT2D eigenvalue weighted by atomic mass is 32.2. The van der Waals surface area contributed by atoms with Crippen molar-refractivity contribution in [1.29, 1.82) is 0 Å². The van der Waals surface area contributed by atoms with E-state index in [0.717, 1.165) is 31.9 Å². The first-order valence-corrected chi connectivity index (χ1v) is 12.0. The van der Waals surface area contributed by atoms with Crippen LogP contribution in [-0.4, -0.2) is 21.3 Å². The molecule has 0 saturated heterocycles. The fraction of sp³-hybridized carbons (Fsp3) is 0.810. The van der Waals surface area contributed by atoms with Gasteiger partial charge in [0, 0.05) is 0 Å². The lowest BCUT2D eigenvalue weighted by Gasteiger charge is -2.01. The van der Waals surface area contributed by atoms with Crippen LogP contribution >= 0.6 is 0 Å². The summed E-state index contributed by atoms with van der Waals surface area (Å²) in [7, 11) is -3.26. The minimum absolute atomic E-state index is 0.327. The molecule has 0 aromatic rings. The molecule has 3 nitrogen and oxygen atoms in total. The van der Waals surface area contributed by atoms with Gasteiger partial charge in [0.05, 0.1) is 12.9 Å². The molecule has 0 atom stereocenters. The van der Waals surface area contributed by atoms with Crippen molar-refractivity contribution in [2.45, 2.75) is 96.8 Å². The highest BCUT2D eigenvalue weighted by Gasteiger charge is 2.00. The summed E-state index contributed by atoms with van der Waals surface area (Å²) >= 11 is 0. The lowest BCUT2D eigenvalue weighted by atomic mass is 10.1. The van der Waals surface area contributed by atoms with E-state index in [9.17, 15) is 8.42 Å². The van der Waals surface area contributed by atoms with Gasteiger partial charge in [0.2, 0.25) is 0 Å². The van der Waals surface area contributed by atoms with Gasteiger partial charge < -0.3 is 0 Å². The lowest BCUT2D eigenvalue weighted by Crippen LogP contribution is -2.03. The molecule has 0 N–H and O–H groups in total. The maximum Gasteiger partial charge on any atom is 0.264 e. The second-order valence-corrected chi connectivity index (χ2v) is 8.46. The van der Waals surface area contributed by atoms with Crippen molar-refractivity contribution in [2.24, 2.45) is 0 Å². The zero-order valence-corrected chi connectivity index (χ0v) is 17.4. The van der Waals surface area contributed by atoms with E-state index in [1.54, 1.807) is 0 Å². The van der Waals surface area contributed by atoms with Crippen molar-refractivity contribution in [3.63, 3.8) is 0 Å². The maximum absolute atomic E-state index is 10.8. The highest BCUT2D eigenvalue weighted by Crippen LogP contribution is 2.09. The van der Waals surface area contributed by atoms with Crippen LogP contribution in [0.25, 0.3) is 0 Å². The molecule has 0 aromatic carbocycles. The van der Waals surface area contributed by atoms with Crippen LogP contribution in [0.5, 0.6) is 0 Å². The van der Waals surface area contributed by atoms with Crippen LogP contribution in [0.2, 0.25) is 0 Å². The molecule has 0 aliphatic carbocycles. The Morgan fingerprint density at radius 1 is 0.680 bits per heavy atom. The average molecular weight is 373 g/mol. The zero-order chi connectivity index (χ0) is 18.6. The Labute approximate surface area is 157 Å². The summed E-state index contributed by atoms with van der Waals surface area (Å²) < 4.78 is 26.3. The van der Waals surface area contributed by atoms with E-state index in [-0.39, 0.29) is 0 Å². The Hall–Kier alpha value is -0.610. The van der Waals surface area contributed by atoms with Crippen LogP contribution in [0.1, 0.15) is 96.8 Å². The van der Waals surface area contributed by atoms with Gasteiger partial charge in [-0.1, -0.05) is 82.6 Å². The molecule has 0 heterocycles. The third-order valence-electron chi connectivity index (χ3n) is 4.14. The van der Waals surface area contributed by atoms with Crippen LogP contribution in [-0.2, 0) is 14.3 Å². The molecule has 0 spiro atoms. The minimum atomic E-state index is -3.26. The van der Waals surface area contributed by atoms with Gasteiger partial charge in [-0.25, -0.2) is 0 Å². The van der Waals surface area contributed by atoms with E-state index in [1.807, 2.05) is 0 Å². The van der Waals surface area contributed by atoms with Crippen LogP contribution in [0, 0.1) is 0 Å². The number of allylic oxidation sites excluding steroid dienone is 4. The van der Waals surface area contributed by atoms with Gasteiger partial charge in [0.25, 0.3) is 10.1 Å². The second-order valence-electron chi connectivity index (χ2n) is 6.82. The Kier molecular flexibility index (Phi) is 17.7. The van der Waals surface area contributed by atoms with E-state index in [4.69, 9.17) is 4.18 Å². The number of hydrogen-bond donors (Lipinski definition) is 0. The Balaban J connectivity index is 3.22. The fourth-order valence-corrected chi connectivity index (χ4v) is 3.07. The van der Waals surface area contributed by atoms with Crippen molar-refractivity contribution in [2.75, 3.05) is 12.9 Å². The summed E-state index contributed by atoms with van der Waals surface area (Å²) in [5, 5.41) is 0. The second kappa shape index (κ2) is 18.2. The molecule has 148 valence electrons. The van der Waals surface area contributed by atoms with Crippen molar-refractivity contribution in [3.8, 4) is 0 Å². The zero-order valence-electron chi connectivity index (χ0n) is 16.5. The molecule has 0 amide bonds. The molecule has 0 radical (unpaired) electrons. The molecule has 4 heteroatoms. The molecule has 25 heavy (non-hydrogen) atoms. The van der Waals surface area contributed by atoms with Crippen molar-refractivity contribution < 1.29 is 12.6 Å². The monoisotopic (exact) mass is 372 g/mol. The Morgan fingerprint density at radius 2 is 1.16 bits per heavy atom. The first-order valence-electron chi connectivity index (χ1n) is 10.2. The smallest absolute Gasteiger partial charge is 0.264 e. The van der Waals surface area contributed by atoms with Gasteiger partial charge in [-0.05, 0) is 38.5 Å². The van der Waals surface area contributed by atoms with E-state index >= 15 is 0 Å². The Bertz CT molecular complexity index is 424. The Morgan fingerprint density at radius 3 is 1.68 bits per heavy atom. The predicted molar refractivity (Wildman–Crippen MR) is 109 cm³/mol. The minimum Gasteiger partial charge on any atom is -0.270 e. The third-order valence-corrected chi connectivity index (χ3v) is 4.74. The van der Waals surface area contributed by atoms with Crippen LogP contribution in [0.3, 0.4) is 0 Å². The topological polar surface area (TPSA) is 43.4 Å². The van der Waals surface area contributed by atoms with E-state index in [1.165, 1.54) is 64.2 Å². The third kappa shape index (κ3) is 23.4. The van der Waals surface area contributed by atoms with Crippen molar-refractivity contribution >= 4 is 10.1 Å². The summed E-state index contributed by atoms with van der Waals surface area (Å²) in [5.41, 5.74) is 0. The summed E-state index contributed by atoms with van der Waals surface area (Å²) in [6, 6.07) is 0. The van der Waals surface area contributed by atoms with Crippen LogP contribution < -0.4 is 0 Å². The number of hydrogen-bond acceptors (Lipinski definition) is 3. The van der Waals surface area contributed by atoms with Crippen LogP contribution in [0.4, 0.5) is 0 Å². The standard InChI is InChI=1S/C21H40O3S/c1-3-4-5-6-7-8-9-10-11-12-13-14-15-16-17-18-19-20-21-24-25(2,22)23/h9-10,12-13H,3-8,11,14-21H2,1-2H3/b10-9+,13-12+. The van der Waals surface area contributed by atoms with Gasteiger partial charge in [0.15, 0.2) is 0 Å². The van der Waals surface area contributed by atoms with E-state index in [0.29, 0.717) is 6.61 Å². The molecule has 0 aliphatic heterocycles. The molecule has 0 aromatic heterocycles. The fourth-order valence-electron chi connectivity index (χ4n) is 2.65. The molecule has 0 fully saturated rings. The molecular formula is C21H40O3S. The largest absolute Gasteiger partial charge is 0.270 e. The van der Waals surface area contributed by atoms with Gasteiger partial charge in [-0.15, -0.1) is 0 Å². The van der Waals surface area contributed by atoms with E-state index < -0.39 is 10.1 Å². The van der Waals surface area contributed by atoms with Gasteiger partial charge in [-0.3, -0.25) is 4.18 Å². The molecule has 0 unspecified atom stereocenters. The quantitative estimate of drug-likeness (QED) is 0.155. The van der Waals surface area contributed by atoms with Gasteiger partial charge in [0.1, 0.15) is 0 Å². The highest BCUT2D eigenvalue weighted by molar-refractivity contribution is 7.85. The van der Waals surface area contributed by atoms with E-state index in [2.05, 4.69) is 31.2 Å². The lowest BCUT2D eigenvalue weighted by molar-refractivity contribution is 0.309. The predicted octanol–water partition coefficient (Wildman–Crippen LogP) is 6.56. The molecule has 0 saturated carbocycles. The first-order chi connectivity index (χ1) is 12.1. The van der Waals surface area contributed by atoms with Gasteiger partial charge in [-0.2, -0.15) is 8.42 Å². The SMILES string of the molecule is CCCCCCC/C=C/C/C=C/CCCCCCCCOS(C)(=O)=O. The molecule has 0 rings (SSSR count). The number of unbranched alkanes of at least 4 members (excludes halogenated alkanes) is 11. The maximum atomic E-state index is 10.8. The van der Waals surface area contributed by atoms with Gasteiger partial charge >= 0.3 is 0 Å². The van der Waals surface area contributed by atoms with Crippen LogP contribution in [0.15, 0.2) is 24.3 Å². The molecular weight excluding hydrogens is 332 g/mol. The van der Waals surface area contributed by atoms with Crippen molar-refractivity contribution in [1.82, 2.24) is 0 Å². The first kappa shape index (κ1) is 24.4. The average Bonchev–Trinajstić information content (AvgIpc) is 2.56.